The zero-order valence-corrected chi connectivity index (χ0v) is 26.5. The van der Waals surface area contributed by atoms with Crippen LogP contribution in [-0.2, 0) is 37.9 Å². The normalized spacial score (nSPS) is 17.8. The number of aromatic nitrogens is 2. The lowest BCUT2D eigenvalue weighted by atomic mass is 9.81. The molecule has 6 rings (SSSR count). The Morgan fingerprint density at radius 3 is 2.60 bits per heavy atom. The van der Waals surface area contributed by atoms with Gasteiger partial charge in [-0.1, -0.05) is 41.7 Å². The second-order valence-electron chi connectivity index (χ2n) is 11.1. The van der Waals surface area contributed by atoms with E-state index in [1.165, 1.54) is 35.9 Å². The van der Waals surface area contributed by atoms with Crippen LogP contribution in [-0.4, -0.2) is 91.7 Å². The predicted octanol–water partition coefficient (Wildman–Crippen LogP) is 3.18. The molecule has 12 nitrogen and oxygen atoms in total. The summed E-state index contributed by atoms with van der Waals surface area (Å²) in [6.07, 6.45) is 0.0786. The average molecular weight is 652 g/mol. The van der Waals surface area contributed by atoms with E-state index in [2.05, 4.69) is 9.97 Å². The highest BCUT2D eigenvalue weighted by molar-refractivity contribution is 7.89. The Hall–Kier alpha value is -4.11. The molecule has 1 atom stereocenters. The van der Waals surface area contributed by atoms with Crippen molar-refractivity contribution in [2.75, 3.05) is 51.9 Å². The predicted molar refractivity (Wildman–Crippen MR) is 168 cm³/mol. The van der Waals surface area contributed by atoms with Gasteiger partial charge in [0, 0.05) is 49.9 Å². The van der Waals surface area contributed by atoms with Crippen molar-refractivity contribution < 1.29 is 32.6 Å². The molecule has 4 heterocycles. The SMILES string of the molecule is COC(=O)N1CC[C@@]2(C1)CN(C(=O)Cc1nc3ccc(OC)nc3s1)c1ccc(S(=O)(=O)N(CCO)Cc3ccccc3)cc12. The van der Waals surface area contributed by atoms with Crippen molar-refractivity contribution >= 4 is 49.4 Å². The lowest BCUT2D eigenvalue weighted by molar-refractivity contribution is -0.118. The summed E-state index contributed by atoms with van der Waals surface area (Å²) in [6, 6.07) is 17.5. The molecule has 1 spiro atoms. The Bertz CT molecular complexity index is 1850. The number of aliphatic hydroxyl groups is 1. The molecule has 2 aliphatic rings. The molecule has 0 unspecified atom stereocenters. The number of likely N-dealkylation sites (tertiary alicyclic amines) is 1. The maximum absolute atomic E-state index is 14.0. The zero-order valence-electron chi connectivity index (χ0n) is 24.9. The summed E-state index contributed by atoms with van der Waals surface area (Å²) in [6.45, 7) is 0.625. The fourth-order valence-corrected chi connectivity index (χ4v) is 8.49. The highest BCUT2D eigenvalue weighted by atomic mass is 32.2. The standard InChI is InChI=1S/C31H33N5O7S2/c1-42-26-11-9-24-29(33-26)44-27(32-24)17-28(38)36-20-31(12-13-34(19-31)30(39)43-2)23-16-22(8-10-25(23)36)45(40,41)35(14-15-37)18-21-6-4-3-5-7-21/h3-11,16,37H,12-15,17-20H2,1-2H3/t31-/m1/s1. The van der Waals surface area contributed by atoms with Crippen LogP contribution < -0.4 is 9.64 Å². The lowest BCUT2D eigenvalue weighted by Gasteiger charge is -2.26. The van der Waals surface area contributed by atoms with Crippen molar-refractivity contribution in [3.05, 3.63) is 76.8 Å². The smallest absolute Gasteiger partial charge is 0.409 e. The van der Waals surface area contributed by atoms with Crippen molar-refractivity contribution in [2.24, 2.45) is 0 Å². The second-order valence-corrected chi connectivity index (χ2v) is 14.1. The topological polar surface area (TPSA) is 142 Å². The molecular formula is C31H33N5O7S2. The van der Waals surface area contributed by atoms with E-state index in [4.69, 9.17) is 9.47 Å². The largest absolute Gasteiger partial charge is 0.481 e. The van der Waals surface area contributed by atoms with Crippen molar-refractivity contribution in [2.45, 2.75) is 29.7 Å². The molecule has 0 radical (unpaired) electrons. The number of hydrogen-bond acceptors (Lipinski definition) is 10. The minimum atomic E-state index is -4.03. The van der Waals surface area contributed by atoms with Crippen LogP contribution in [0.4, 0.5) is 10.5 Å². The first-order valence-corrected chi connectivity index (χ1v) is 16.7. The quantitative estimate of drug-likeness (QED) is 0.289. The third-order valence-corrected chi connectivity index (χ3v) is 11.2. The third kappa shape index (κ3) is 5.86. The number of rotatable bonds is 9. The van der Waals surface area contributed by atoms with Gasteiger partial charge in [0.25, 0.3) is 0 Å². The monoisotopic (exact) mass is 651 g/mol. The van der Waals surface area contributed by atoms with E-state index < -0.39 is 21.5 Å². The van der Waals surface area contributed by atoms with Crippen LogP contribution in [0.15, 0.2) is 65.6 Å². The molecule has 1 saturated heterocycles. The van der Waals surface area contributed by atoms with E-state index in [-0.39, 0.29) is 50.0 Å². The van der Waals surface area contributed by atoms with Crippen molar-refractivity contribution in [1.82, 2.24) is 19.2 Å². The minimum absolute atomic E-state index is 0.0288. The Morgan fingerprint density at radius 2 is 1.87 bits per heavy atom. The zero-order chi connectivity index (χ0) is 31.8. The Morgan fingerprint density at radius 1 is 1.07 bits per heavy atom. The van der Waals surface area contributed by atoms with Crippen molar-refractivity contribution in [1.29, 1.82) is 0 Å². The van der Waals surface area contributed by atoms with Crippen LogP contribution >= 0.6 is 11.3 Å². The number of aliphatic hydroxyl groups excluding tert-OH is 1. The molecule has 1 fully saturated rings. The highest BCUT2D eigenvalue weighted by Crippen LogP contribution is 2.48. The number of carbonyl (C=O) groups excluding carboxylic acids is 2. The number of carbonyl (C=O) groups is 2. The highest BCUT2D eigenvalue weighted by Gasteiger charge is 2.50. The van der Waals surface area contributed by atoms with Crippen LogP contribution in [0.25, 0.3) is 10.3 Å². The third-order valence-electron chi connectivity index (χ3n) is 8.35. The van der Waals surface area contributed by atoms with Gasteiger partial charge in [0.05, 0.1) is 32.1 Å². The van der Waals surface area contributed by atoms with E-state index in [9.17, 15) is 23.1 Å². The molecule has 236 valence electrons. The molecular weight excluding hydrogens is 619 g/mol. The Labute approximate surface area is 264 Å². The molecule has 2 amide bonds. The van der Waals surface area contributed by atoms with Gasteiger partial charge >= 0.3 is 6.09 Å². The maximum atomic E-state index is 14.0. The van der Waals surface area contributed by atoms with Gasteiger partial charge in [-0.2, -0.15) is 4.31 Å². The first-order valence-electron chi connectivity index (χ1n) is 14.4. The number of pyridine rings is 1. The van der Waals surface area contributed by atoms with Gasteiger partial charge < -0.3 is 24.4 Å². The van der Waals surface area contributed by atoms with Crippen LogP contribution in [0.5, 0.6) is 5.88 Å². The van der Waals surface area contributed by atoms with Gasteiger partial charge in [-0.25, -0.2) is 23.2 Å². The van der Waals surface area contributed by atoms with Gasteiger partial charge in [0.2, 0.25) is 21.8 Å². The Balaban J connectivity index is 1.35. The molecule has 0 saturated carbocycles. The van der Waals surface area contributed by atoms with Crippen molar-refractivity contribution in [3.8, 4) is 5.88 Å². The van der Waals surface area contributed by atoms with Gasteiger partial charge in [0.1, 0.15) is 15.4 Å². The first-order chi connectivity index (χ1) is 21.7. The van der Waals surface area contributed by atoms with E-state index in [0.717, 1.165) is 5.56 Å². The number of sulfonamides is 1. The van der Waals surface area contributed by atoms with Crippen molar-refractivity contribution in [3.63, 3.8) is 0 Å². The lowest BCUT2D eigenvalue weighted by Crippen LogP contribution is -2.40. The minimum Gasteiger partial charge on any atom is -0.481 e. The molecule has 1 N–H and O–H groups in total. The summed E-state index contributed by atoms with van der Waals surface area (Å²) in [5, 5.41) is 10.3. The molecule has 0 bridgehead atoms. The van der Waals surface area contributed by atoms with Gasteiger partial charge in [-0.05, 0) is 41.8 Å². The summed E-state index contributed by atoms with van der Waals surface area (Å²) in [4.78, 5) is 39.3. The molecule has 2 aromatic carbocycles. The number of fused-ring (bicyclic) bond motifs is 3. The molecule has 2 aliphatic heterocycles. The molecule has 45 heavy (non-hydrogen) atoms. The molecule has 4 aromatic rings. The van der Waals surface area contributed by atoms with Crippen LogP contribution in [0.2, 0.25) is 0 Å². The molecule has 0 aliphatic carbocycles. The van der Waals surface area contributed by atoms with Gasteiger partial charge in [-0.15, -0.1) is 0 Å². The summed E-state index contributed by atoms with van der Waals surface area (Å²) in [5.74, 6) is 0.264. The van der Waals surface area contributed by atoms with Gasteiger partial charge in [0.15, 0.2) is 0 Å². The summed E-state index contributed by atoms with van der Waals surface area (Å²) >= 11 is 1.32. The van der Waals surface area contributed by atoms with E-state index in [0.29, 0.717) is 45.5 Å². The molecule has 2 aromatic heterocycles. The summed E-state index contributed by atoms with van der Waals surface area (Å²) in [5.41, 5.74) is 2.06. The van der Waals surface area contributed by atoms with Crippen LogP contribution in [0.3, 0.4) is 0 Å². The number of methoxy groups -OCH3 is 2. The van der Waals surface area contributed by atoms with Gasteiger partial charge in [-0.3, -0.25) is 4.79 Å². The van der Waals surface area contributed by atoms with E-state index in [1.54, 1.807) is 34.1 Å². The second kappa shape index (κ2) is 12.4. The fraction of sp³-hybridized carbons (Fsp3) is 0.355. The fourth-order valence-electron chi connectivity index (χ4n) is 6.13. The average Bonchev–Trinajstić information content (AvgIpc) is 3.75. The Kier molecular flexibility index (Phi) is 8.48. The number of ether oxygens (including phenoxy) is 2. The summed E-state index contributed by atoms with van der Waals surface area (Å²) < 4.78 is 39.4. The van der Waals surface area contributed by atoms with Crippen LogP contribution in [0.1, 0.15) is 22.6 Å². The number of nitrogens with zero attached hydrogens (tertiary/aromatic N) is 5. The van der Waals surface area contributed by atoms with E-state index >= 15 is 0 Å². The number of hydrogen-bond donors (Lipinski definition) is 1. The maximum Gasteiger partial charge on any atom is 0.409 e. The number of amides is 2. The number of benzene rings is 2. The number of thiazole rings is 1. The van der Waals surface area contributed by atoms with E-state index in [1.807, 2.05) is 30.3 Å². The molecule has 14 heteroatoms. The van der Waals surface area contributed by atoms with Crippen LogP contribution in [0, 0.1) is 0 Å². The number of anilines is 1. The summed E-state index contributed by atoms with van der Waals surface area (Å²) in [7, 11) is -1.17. The first kappa shape index (κ1) is 30.9.